The first kappa shape index (κ1) is 14.4. The van der Waals surface area contributed by atoms with E-state index in [1.54, 1.807) is 6.07 Å². The van der Waals surface area contributed by atoms with E-state index in [-0.39, 0.29) is 24.7 Å². The van der Waals surface area contributed by atoms with Crippen molar-refractivity contribution in [1.82, 2.24) is 5.32 Å². The molecule has 0 amide bonds. The number of hydrogen-bond acceptors (Lipinski definition) is 3. The number of aliphatic hydroxyl groups excluding tert-OH is 1. The third-order valence-electron chi connectivity index (χ3n) is 3.44. The molecular weight excluding hydrogens is 252 g/mol. The van der Waals surface area contributed by atoms with Crippen LogP contribution in [0.15, 0.2) is 18.2 Å². The first-order chi connectivity index (χ1) is 9.24. The van der Waals surface area contributed by atoms with E-state index < -0.39 is 17.7 Å². The number of benzene rings is 1. The van der Waals surface area contributed by atoms with E-state index in [2.05, 4.69) is 5.32 Å². The van der Waals surface area contributed by atoms with Crippen molar-refractivity contribution < 1.29 is 18.6 Å². The molecule has 19 heavy (non-hydrogen) atoms. The molecule has 0 bridgehead atoms. The molecule has 1 aromatic carbocycles. The average molecular weight is 271 g/mol. The minimum atomic E-state index is -0.862. The third kappa shape index (κ3) is 3.49. The largest absolute Gasteiger partial charge is 0.394 e. The Kier molecular flexibility index (Phi) is 5.24. The molecule has 1 saturated heterocycles. The molecule has 1 fully saturated rings. The van der Waals surface area contributed by atoms with Crippen molar-refractivity contribution >= 4 is 0 Å². The first-order valence-corrected chi connectivity index (χ1v) is 6.61. The number of rotatable bonds is 5. The summed E-state index contributed by atoms with van der Waals surface area (Å²) in [5.41, 5.74) is 0.238. The summed E-state index contributed by atoms with van der Waals surface area (Å²) in [6.07, 6.45) is 1.37. The first-order valence-electron chi connectivity index (χ1n) is 6.61. The molecule has 0 saturated carbocycles. The highest BCUT2D eigenvalue weighted by Gasteiger charge is 2.28. The Labute approximate surface area is 111 Å². The fourth-order valence-electron chi connectivity index (χ4n) is 2.54. The standard InChI is InChI=1S/C14H19F2NO2/c15-12-5-1-4-11(13(12)16)14(19-8-7-18)10-3-2-6-17-9-10/h1,4-5,10,14,17-18H,2-3,6-9H2. The van der Waals surface area contributed by atoms with Crippen LogP contribution in [0.3, 0.4) is 0 Å². The zero-order chi connectivity index (χ0) is 13.7. The van der Waals surface area contributed by atoms with Crippen LogP contribution >= 0.6 is 0 Å². The molecule has 0 aromatic heterocycles. The Bertz CT molecular complexity index is 408. The number of piperidine rings is 1. The van der Waals surface area contributed by atoms with Gasteiger partial charge < -0.3 is 15.2 Å². The highest BCUT2D eigenvalue weighted by atomic mass is 19.2. The monoisotopic (exact) mass is 271 g/mol. The van der Waals surface area contributed by atoms with Gasteiger partial charge in [-0.3, -0.25) is 0 Å². The van der Waals surface area contributed by atoms with Gasteiger partial charge in [0.1, 0.15) is 0 Å². The molecule has 0 spiro atoms. The van der Waals surface area contributed by atoms with E-state index in [1.165, 1.54) is 6.07 Å². The Morgan fingerprint density at radius 2 is 2.26 bits per heavy atom. The fraction of sp³-hybridized carbons (Fsp3) is 0.571. The Balaban J connectivity index is 2.22. The molecule has 2 atom stereocenters. The molecule has 0 radical (unpaired) electrons. The lowest BCUT2D eigenvalue weighted by Gasteiger charge is -2.31. The van der Waals surface area contributed by atoms with Gasteiger partial charge >= 0.3 is 0 Å². The van der Waals surface area contributed by atoms with Crippen LogP contribution in [0.1, 0.15) is 24.5 Å². The molecule has 2 N–H and O–H groups in total. The second-order valence-corrected chi connectivity index (χ2v) is 4.76. The summed E-state index contributed by atoms with van der Waals surface area (Å²) < 4.78 is 32.8. The Hall–Kier alpha value is -1.04. The SMILES string of the molecule is OCCOC(c1cccc(F)c1F)C1CCCNC1. The molecular formula is C14H19F2NO2. The lowest BCUT2D eigenvalue weighted by molar-refractivity contribution is -0.0154. The number of halogens is 2. The molecule has 1 aliphatic rings. The number of nitrogens with one attached hydrogen (secondary N) is 1. The summed E-state index contributed by atoms with van der Waals surface area (Å²) in [4.78, 5) is 0. The van der Waals surface area contributed by atoms with Crippen LogP contribution in [-0.4, -0.2) is 31.4 Å². The zero-order valence-corrected chi connectivity index (χ0v) is 10.7. The maximum Gasteiger partial charge on any atom is 0.164 e. The minimum Gasteiger partial charge on any atom is -0.394 e. The summed E-state index contributed by atoms with van der Waals surface area (Å²) in [5, 5.41) is 12.1. The maximum atomic E-state index is 13.9. The topological polar surface area (TPSA) is 41.5 Å². The van der Waals surface area contributed by atoms with E-state index >= 15 is 0 Å². The van der Waals surface area contributed by atoms with Crippen LogP contribution in [0.2, 0.25) is 0 Å². The van der Waals surface area contributed by atoms with Crippen LogP contribution in [0.25, 0.3) is 0 Å². The van der Waals surface area contributed by atoms with Crippen molar-refractivity contribution in [3.05, 3.63) is 35.4 Å². The lowest BCUT2D eigenvalue weighted by Crippen LogP contribution is -2.35. The second kappa shape index (κ2) is 6.93. The maximum absolute atomic E-state index is 13.9. The quantitative estimate of drug-likeness (QED) is 0.861. The molecule has 2 unspecified atom stereocenters. The summed E-state index contributed by atoms with van der Waals surface area (Å²) >= 11 is 0. The van der Waals surface area contributed by atoms with Crippen molar-refractivity contribution in [3.63, 3.8) is 0 Å². The van der Waals surface area contributed by atoms with Gasteiger partial charge in [-0.15, -0.1) is 0 Å². The Morgan fingerprint density at radius 1 is 1.42 bits per heavy atom. The van der Waals surface area contributed by atoms with Gasteiger partial charge in [0, 0.05) is 18.0 Å². The van der Waals surface area contributed by atoms with Crippen LogP contribution in [0, 0.1) is 17.6 Å². The normalized spacial score (nSPS) is 21.3. The summed E-state index contributed by atoms with van der Waals surface area (Å²) in [5.74, 6) is -1.62. The summed E-state index contributed by atoms with van der Waals surface area (Å²) in [6, 6.07) is 4.13. The van der Waals surface area contributed by atoms with Gasteiger partial charge in [-0.05, 0) is 25.5 Å². The predicted molar refractivity (Wildman–Crippen MR) is 67.7 cm³/mol. The summed E-state index contributed by atoms with van der Waals surface area (Å²) in [6.45, 7) is 1.64. The average Bonchev–Trinajstić information content (AvgIpc) is 2.45. The van der Waals surface area contributed by atoms with E-state index in [4.69, 9.17) is 9.84 Å². The van der Waals surface area contributed by atoms with Gasteiger partial charge in [0.05, 0.1) is 19.3 Å². The summed E-state index contributed by atoms with van der Waals surface area (Å²) in [7, 11) is 0. The lowest BCUT2D eigenvalue weighted by atomic mass is 9.89. The van der Waals surface area contributed by atoms with E-state index in [9.17, 15) is 8.78 Å². The predicted octanol–water partition coefficient (Wildman–Crippen LogP) is 2.01. The molecule has 1 heterocycles. The van der Waals surface area contributed by atoms with Crippen molar-refractivity contribution in [3.8, 4) is 0 Å². The number of hydrogen-bond donors (Lipinski definition) is 2. The Morgan fingerprint density at radius 3 is 2.95 bits per heavy atom. The van der Waals surface area contributed by atoms with Gasteiger partial charge in [-0.2, -0.15) is 0 Å². The van der Waals surface area contributed by atoms with Crippen molar-refractivity contribution in [2.24, 2.45) is 5.92 Å². The fourth-order valence-corrected chi connectivity index (χ4v) is 2.54. The van der Waals surface area contributed by atoms with Gasteiger partial charge in [0.2, 0.25) is 0 Å². The molecule has 3 nitrogen and oxygen atoms in total. The van der Waals surface area contributed by atoms with Crippen molar-refractivity contribution in [1.29, 1.82) is 0 Å². The molecule has 1 aliphatic heterocycles. The minimum absolute atomic E-state index is 0.0941. The van der Waals surface area contributed by atoms with Crippen molar-refractivity contribution in [2.45, 2.75) is 18.9 Å². The van der Waals surface area contributed by atoms with Crippen LogP contribution in [0.5, 0.6) is 0 Å². The molecule has 0 aliphatic carbocycles. The van der Waals surface area contributed by atoms with E-state index in [1.807, 2.05) is 0 Å². The van der Waals surface area contributed by atoms with E-state index in [0.717, 1.165) is 25.5 Å². The highest BCUT2D eigenvalue weighted by molar-refractivity contribution is 5.22. The zero-order valence-electron chi connectivity index (χ0n) is 10.7. The van der Waals surface area contributed by atoms with Gasteiger partial charge in [-0.1, -0.05) is 12.1 Å². The highest BCUT2D eigenvalue weighted by Crippen LogP contribution is 2.32. The van der Waals surface area contributed by atoms with Crippen LogP contribution < -0.4 is 5.32 Å². The smallest absolute Gasteiger partial charge is 0.164 e. The van der Waals surface area contributed by atoms with Gasteiger partial charge in [0.15, 0.2) is 11.6 Å². The van der Waals surface area contributed by atoms with Crippen molar-refractivity contribution in [2.75, 3.05) is 26.3 Å². The molecule has 2 rings (SSSR count). The van der Waals surface area contributed by atoms with Crippen LogP contribution in [0.4, 0.5) is 8.78 Å². The van der Waals surface area contributed by atoms with E-state index in [0.29, 0.717) is 6.54 Å². The number of aliphatic hydroxyl groups is 1. The number of ether oxygens (including phenoxy) is 1. The second-order valence-electron chi connectivity index (χ2n) is 4.76. The molecule has 106 valence electrons. The molecule has 1 aromatic rings. The van der Waals surface area contributed by atoms with Crippen LogP contribution in [-0.2, 0) is 4.74 Å². The van der Waals surface area contributed by atoms with Gasteiger partial charge in [0.25, 0.3) is 0 Å². The van der Waals surface area contributed by atoms with Gasteiger partial charge in [-0.25, -0.2) is 8.78 Å². The third-order valence-corrected chi connectivity index (χ3v) is 3.44. The molecule has 5 heteroatoms.